The number of thiophene rings is 1. The number of carbonyl (C=O) groups excluding carboxylic acids is 1. The van der Waals surface area contributed by atoms with Crippen LogP contribution in [0.1, 0.15) is 40.9 Å². The molecule has 2 rings (SSSR count). The third kappa shape index (κ3) is 4.85. The van der Waals surface area contributed by atoms with Crippen LogP contribution in [-0.4, -0.2) is 41.1 Å². The normalized spacial score (nSPS) is 11.8. The first-order valence-electron chi connectivity index (χ1n) is 8.61. The predicted molar refractivity (Wildman–Crippen MR) is 103 cm³/mol. The molecule has 1 heterocycles. The molecule has 1 aromatic heterocycles. The Hall–Kier alpha value is -2.34. The Labute approximate surface area is 158 Å². The van der Waals surface area contributed by atoms with Gasteiger partial charge in [0.2, 0.25) is 0 Å². The lowest BCUT2D eigenvalue weighted by molar-refractivity contribution is -0.139. The van der Waals surface area contributed by atoms with Gasteiger partial charge in [-0.3, -0.25) is 4.79 Å². The van der Waals surface area contributed by atoms with Crippen LogP contribution in [0.2, 0.25) is 0 Å². The van der Waals surface area contributed by atoms with Crippen LogP contribution in [-0.2, 0) is 11.2 Å². The van der Waals surface area contributed by atoms with E-state index in [-0.39, 0.29) is 11.9 Å². The molecule has 1 atom stereocenters. The highest BCUT2D eigenvalue weighted by Crippen LogP contribution is 2.26. The van der Waals surface area contributed by atoms with Gasteiger partial charge in [0.05, 0.1) is 0 Å². The molecule has 1 amide bonds. The summed E-state index contributed by atoms with van der Waals surface area (Å²) in [6, 6.07) is 5.71. The molecule has 1 aromatic carbocycles. The zero-order valence-corrected chi connectivity index (χ0v) is 16.4. The summed E-state index contributed by atoms with van der Waals surface area (Å²) < 4.78 is 5.34. The number of amides is 1. The average molecular weight is 375 g/mol. The highest BCUT2D eigenvalue weighted by atomic mass is 32.1. The summed E-state index contributed by atoms with van der Waals surface area (Å²) in [5.41, 5.74) is 3.35. The molecule has 5 nitrogen and oxygen atoms in total. The molecule has 0 aliphatic carbocycles. The van der Waals surface area contributed by atoms with E-state index in [2.05, 4.69) is 18.4 Å². The van der Waals surface area contributed by atoms with Crippen molar-refractivity contribution in [3.05, 3.63) is 51.2 Å². The smallest absolute Gasteiger partial charge is 0.341 e. The van der Waals surface area contributed by atoms with Gasteiger partial charge in [0.1, 0.15) is 5.75 Å². The first-order chi connectivity index (χ1) is 12.3. The zero-order chi connectivity index (χ0) is 19.3. The fourth-order valence-electron chi connectivity index (χ4n) is 3.12. The van der Waals surface area contributed by atoms with Crippen LogP contribution >= 0.6 is 11.3 Å². The van der Waals surface area contributed by atoms with E-state index in [1.807, 2.05) is 31.1 Å². The summed E-state index contributed by atoms with van der Waals surface area (Å²) in [6.45, 7) is 7.92. The molecule has 2 aromatic rings. The third-order valence-corrected chi connectivity index (χ3v) is 5.02. The van der Waals surface area contributed by atoms with Gasteiger partial charge in [0.15, 0.2) is 6.61 Å². The molecule has 1 unspecified atom stereocenters. The van der Waals surface area contributed by atoms with E-state index in [1.165, 1.54) is 5.56 Å². The Bertz CT molecular complexity index is 747. The summed E-state index contributed by atoms with van der Waals surface area (Å²) in [4.78, 5) is 25.6. The van der Waals surface area contributed by atoms with E-state index >= 15 is 0 Å². The lowest BCUT2D eigenvalue weighted by Gasteiger charge is -2.28. The van der Waals surface area contributed by atoms with Crippen LogP contribution in [0.4, 0.5) is 0 Å². The monoisotopic (exact) mass is 375 g/mol. The van der Waals surface area contributed by atoms with Crippen molar-refractivity contribution in [2.75, 3.05) is 13.2 Å². The molecular weight excluding hydrogens is 350 g/mol. The molecule has 6 heteroatoms. The van der Waals surface area contributed by atoms with Crippen molar-refractivity contribution in [1.82, 2.24) is 4.90 Å². The lowest BCUT2D eigenvalue weighted by Crippen LogP contribution is -2.39. The summed E-state index contributed by atoms with van der Waals surface area (Å²) in [7, 11) is 0. The van der Waals surface area contributed by atoms with Gasteiger partial charge in [-0.2, -0.15) is 11.3 Å². The Morgan fingerprint density at radius 3 is 2.42 bits per heavy atom. The second-order valence-electron chi connectivity index (χ2n) is 6.40. The van der Waals surface area contributed by atoms with Gasteiger partial charge in [0, 0.05) is 18.2 Å². The van der Waals surface area contributed by atoms with Crippen molar-refractivity contribution in [2.24, 2.45) is 0 Å². The van der Waals surface area contributed by atoms with E-state index in [1.54, 1.807) is 23.5 Å². The number of carboxylic acids is 1. The molecule has 0 aliphatic heterocycles. The minimum Gasteiger partial charge on any atom is -0.481 e. The summed E-state index contributed by atoms with van der Waals surface area (Å²) >= 11 is 1.66. The van der Waals surface area contributed by atoms with Crippen molar-refractivity contribution >= 4 is 23.2 Å². The first-order valence-corrected chi connectivity index (χ1v) is 9.55. The van der Waals surface area contributed by atoms with Crippen LogP contribution in [0.3, 0.4) is 0 Å². The number of aliphatic carboxylic acids is 1. The maximum absolute atomic E-state index is 13.0. The van der Waals surface area contributed by atoms with Gasteiger partial charge in [-0.05, 0) is 79.8 Å². The van der Waals surface area contributed by atoms with Gasteiger partial charge in [0.25, 0.3) is 5.91 Å². The minimum absolute atomic E-state index is 0.0220. The van der Waals surface area contributed by atoms with Crippen LogP contribution in [0.15, 0.2) is 29.0 Å². The van der Waals surface area contributed by atoms with Crippen LogP contribution in [0, 0.1) is 13.8 Å². The second-order valence-corrected chi connectivity index (χ2v) is 7.18. The maximum Gasteiger partial charge on any atom is 0.341 e. The number of hydrogen-bond acceptors (Lipinski definition) is 4. The number of likely N-dealkylation sites (N-methyl/N-ethyl adjacent to an activating group) is 1. The van der Waals surface area contributed by atoms with E-state index in [9.17, 15) is 9.59 Å². The number of hydrogen-bond donors (Lipinski definition) is 1. The number of ether oxygens (including phenoxy) is 1. The van der Waals surface area contributed by atoms with E-state index < -0.39 is 12.6 Å². The molecule has 0 saturated carbocycles. The average Bonchev–Trinajstić information content (AvgIpc) is 3.07. The second kappa shape index (κ2) is 8.85. The van der Waals surface area contributed by atoms with Gasteiger partial charge in [-0.15, -0.1) is 0 Å². The van der Waals surface area contributed by atoms with Crippen LogP contribution in [0.25, 0.3) is 0 Å². The maximum atomic E-state index is 13.0. The molecule has 0 radical (unpaired) electrons. The summed E-state index contributed by atoms with van der Waals surface area (Å²) in [5.74, 6) is -0.520. The van der Waals surface area contributed by atoms with Crippen molar-refractivity contribution in [1.29, 1.82) is 0 Å². The molecule has 26 heavy (non-hydrogen) atoms. The van der Waals surface area contributed by atoms with Crippen LogP contribution < -0.4 is 4.74 Å². The standard InChI is InChI=1S/C20H25NO4S/c1-5-21(15(4)10-16-6-7-26-12-16)20(24)17-8-13(2)19(14(3)9-17)25-11-18(22)23/h6-9,12,15H,5,10-11H2,1-4H3,(H,22,23). The molecule has 0 spiro atoms. The Kier molecular flexibility index (Phi) is 6.80. The zero-order valence-electron chi connectivity index (χ0n) is 15.6. The fraction of sp³-hybridized carbons (Fsp3) is 0.400. The molecule has 1 N–H and O–H groups in total. The molecule has 0 bridgehead atoms. The topological polar surface area (TPSA) is 66.8 Å². The largest absolute Gasteiger partial charge is 0.481 e. The SMILES string of the molecule is CCN(C(=O)c1cc(C)c(OCC(=O)O)c(C)c1)C(C)Cc1ccsc1. The van der Waals surface area contributed by atoms with Crippen LogP contribution in [0.5, 0.6) is 5.75 Å². The summed E-state index contributed by atoms with van der Waals surface area (Å²) in [5, 5.41) is 12.9. The highest BCUT2D eigenvalue weighted by Gasteiger charge is 2.22. The van der Waals surface area contributed by atoms with Gasteiger partial charge < -0.3 is 14.7 Å². The van der Waals surface area contributed by atoms with E-state index in [0.29, 0.717) is 17.9 Å². The quantitative estimate of drug-likeness (QED) is 0.759. The molecule has 0 fully saturated rings. The number of nitrogens with zero attached hydrogens (tertiary/aromatic N) is 1. The summed E-state index contributed by atoms with van der Waals surface area (Å²) in [6.07, 6.45) is 0.820. The van der Waals surface area contributed by atoms with Gasteiger partial charge in [-0.1, -0.05) is 0 Å². The number of benzene rings is 1. The van der Waals surface area contributed by atoms with E-state index in [4.69, 9.17) is 9.84 Å². The third-order valence-electron chi connectivity index (χ3n) is 4.29. The first kappa shape index (κ1) is 20.0. The molecule has 0 saturated heterocycles. The lowest BCUT2D eigenvalue weighted by atomic mass is 10.0. The fourth-order valence-corrected chi connectivity index (χ4v) is 3.80. The van der Waals surface area contributed by atoms with Crippen molar-refractivity contribution in [3.8, 4) is 5.75 Å². The minimum atomic E-state index is -1.02. The number of rotatable bonds is 8. The van der Waals surface area contributed by atoms with Crippen molar-refractivity contribution in [2.45, 2.75) is 40.2 Å². The highest BCUT2D eigenvalue weighted by molar-refractivity contribution is 7.07. The molecule has 140 valence electrons. The number of carbonyl (C=O) groups is 2. The Morgan fingerprint density at radius 1 is 1.27 bits per heavy atom. The predicted octanol–water partition coefficient (Wildman–Crippen LogP) is 3.92. The number of aryl methyl sites for hydroxylation is 2. The van der Waals surface area contributed by atoms with Gasteiger partial charge >= 0.3 is 5.97 Å². The molecule has 0 aliphatic rings. The Morgan fingerprint density at radius 2 is 1.92 bits per heavy atom. The van der Waals surface area contributed by atoms with Crippen molar-refractivity contribution < 1.29 is 19.4 Å². The van der Waals surface area contributed by atoms with Gasteiger partial charge in [-0.25, -0.2) is 4.79 Å². The number of carboxylic acid groups (broad SMARTS) is 1. The van der Waals surface area contributed by atoms with Crippen molar-refractivity contribution in [3.63, 3.8) is 0 Å². The van der Waals surface area contributed by atoms with E-state index in [0.717, 1.165) is 17.5 Å². The Balaban J connectivity index is 2.19. The molecular formula is C20H25NO4S.